The summed E-state index contributed by atoms with van der Waals surface area (Å²) in [5.41, 5.74) is 1.89. The van der Waals surface area contributed by atoms with E-state index >= 15 is 0 Å². The molecule has 3 aromatic carbocycles. The van der Waals surface area contributed by atoms with Crippen LogP contribution in [0.1, 0.15) is 16.4 Å². The molecule has 0 saturated carbocycles. The highest BCUT2D eigenvalue weighted by Crippen LogP contribution is 2.53. The molecule has 1 aromatic heterocycles. The van der Waals surface area contributed by atoms with Crippen LogP contribution in [0, 0.1) is 5.92 Å². The van der Waals surface area contributed by atoms with E-state index in [1.54, 1.807) is 48.5 Å². The molecule has 3 atom stereocenters. The number of carbonyl (C=O) groups is 3. The van der Waals surface area contributed by atoms with E-state index in [1.807, 2.05) is 30.3 Å². The Kier molecular flexibility index (Phi) is 6.96. The number of para-hydroxylation sites is 1. The summed E-state index contributed by atoms with van der Waals surface area (Å²) in [4.78, 5) is 55.3. The predicted molar refractivity (Wildman–Crippen MR) is 157 cm³/mol. The van der Waals surface area contributed by atoms with Gasteiger partial charge in [0.1, 0.15) is 11.8 Å². The van der Waals surface area contributed by atoms with Crippen LogP contribution in [0.15, 0.2) is 93.2 Å². The number of amides is 3. The van der Waals surface area contributed by atoms with E-state index in [9.17, 15) is 19.2 Å². The smallest absolute Gasteiger partial charge is 0.308 e. The van der Waals surface area contributed by atoms with Crippen molar-refractivity contribution in [3.63, 3.8) is 0 Å². The van der Waals surface area contributed by atoms with Gasteiger partial charge in [0.2, 0.25) is 17.7 Å². The number of nitrogens with zero attached hydrogens (tertiary/aromatic N) is 2. The number of hydrogen-bond acceptors (Lipinski definition) is 6. The molecule has 2 aliphatic rings. The van der Waals surface area contributed by atoms with Crippen LogP contribution in [0.5, 0.6) is 0 Å². The fourth-order valence-electron chi connectivity index (χ4n) is 4.99. The molecule has 0 bridgehead atoms. The fraction of sp³-hybridized carbons (Fsp3) is 0.143. The molecule has 0 aliphatic carbocycles. The number of halogens is 2. The predicted octanol–water partition coefficient (Wildman–Crippen LogP) is 5.76. The molecule has 11 heteroatoms. The second kappa shape index (κ2) is 10.4. The average Bonchev–Trinajstić information content (AvgIpc) is 3.37. The molecule has 3 heterocycles. The van der Waals surface area contributed by atoms with E-state index in [0.717, 1.165) is 21.4 Å². The van der Waals surface area contributed by atoms with Crippen molar-refractivity contribution < 1.29 is 14.4 Å². The summed E-state index contributed by atoms with van der Waals surface area (Å²) >= 11 is 11.6. The molecule has 0 radical (unpaired) electrons. The van der Waals surface area contributed by atoms with Crippen LogP contribution in [0.3, 0.4) is 0 Å². The molecule has 3 amide bonds. The summed E-state index contributed by atoms with van der Waals surface area (Å²) < 4.78 is 2.28. The standard InChI is InChI=1S/C28H19BrClN3O4S2/c29-16-8-6-15(7-9-16)21-22-23(26(36)33(25(22)35)19-4-2-1-3-5-19)38-27-24(21)39-28(37)32(27)14-20(34)31-18-12-10-17(30)11-13-18/h1-13,21-23H,14H2,(H,31,34)/t21-,22-,23+/m0/s1. The maximum absolute atomic E-state index is 13.8. The Bertz CT molecular complexity index is 1660. The minimum absolute atomic E-state index is 0.227. The first-order valence-corrected chi connectivity index (χ1v) is 14.8. The lowest BCUT2D eigenvalue weighted by molar-refractivity contribution is -0.122. The number of rotatable bonds is 5. The monoisotopic (exact) mass is 639 g/mol. The van der Waals surface area contributed by atoms with Gasteiger partial charge in [-0.15, -0.1) is 0 Å². The Morgan fingerprint density at radius 1 is 0.923 bits per heavy atom. The third-order valence-corrected chi connectivity index (χ3v) is 10.1. The lowest BCUT2D eigenvalue weighted by atomic mass is 9.83. The van der Waals surface area contributed by atoms with Gasteiger partial charge < -0.3 is 5.32 Å². The highest BCUT2D eigenvalue weighted by molar-refractivity contribution is 9.10. The number of thioether (sulfide) groups is 1. The first kappa shape index (κ1) is 26.1. The molecule has 6 rings (SSSR count). The van der Waals surface area contributed by atoms with Gasteiger partial charge in [-0.05, 0) is 54.1 Å². The van der Waals surface area contributed by atoms with E-state index in [1.165, 1.54) is 21.2 Å². The number of fused-ring (bicyclic) bond motifs is 2. The van der Waals surface area contributed by atoms with Crippen molar-refractivity contribution in [1.82, 2.24) is 4.57 Å². The van der Waals surface area contributed by atoms with Crippen LogP contribution in [0.4, 0.5) is 11.4 Å². The second-order valence-electron chi connectivity index (χ2n) is 9.12. The molecule has 1 saturated heterocycles. The van der Waals surface area contributed by atoms with Gasteiger partial charge in [0.05, 0.1) is 16.6 Å². The molecule has 7 nitrogen and oxygen atoms in total. The van der Waals surface area contributed by atoms with Gasteiger partial charge in [-0.25, -0.2) is 4.90 Å². The minimum Gasteiger partial charge on any atom is -0.325 e. The van der Waals surface area contributed by atoms with Crippen molar-refractivity contribution in [2.45, 2.75) is 22.7 Å². The Labute approximate surface area is 244 Å². The van der Waals surface area contributed by atoms with Gasteiger partial charge in [-0.2, -0.15) is 0 Å². The Hall–Kier alpha value is -3.18. The first-order chi connectivity index (χ1) is 18.8. The van der Waals surface area contributed by atoms with E-state index < -0.39 is 17.1 Å². The summed E-state index contributed by atoms with van der Waals surface area (Å²) in [5.74, 6) is -2.21. The topological polar surface area (TPSA) is 88.5 Å². The number of hydrogen-bond donors (Lipinski definition) is 1. The Balaban J connectivity index is 1.40. The third kappa shape index (κ3) is 4.75. The van der Waals surface area contributed by atoms with E-state index in [4.69, 9.17) is 11.6 Å². The van der Waals surface area contributed by atoms with Crippen molar-refractivity contribution >= 4 is 79.7 Å². The van der Waals surface area contributed by atoms with Crippen LogP contribution < -0.4 is 15.1 Å². The molecule has 1 fully saturated rings. The van der Waals surface area contributed by atoms with E-state index in [2.05, 4.69) is 21.2 Å². The van der Waals surface area contributed by atoms with Crippen LogP contribution in [0.25, 0.3) is 0 Å². The van der Waals surface area contributed by atoms with Crippen LogP contribution >= 0.6 is 50.6 Å². The van der Waals surface area contributed by atoms with Gasteiger partial charge in [-0.1, -0.05) is 81.0 Å². The van der Waals surface area contributed by atoms with Gasteiger partial charge >= 0.3 is 4.87 Å². The quantitative estimate of drug-likeness (QED) is 0.280. The first-order valence-electron chi connectivity index (χ1n) is 12.0. The summed E-state index contributed by atoms with van der Waals surface area (Å²) in [6, 6.07) is 23.1. The lowest BCUT2D eigenvalue weighted by Crippen LogP contribution is -2.33. The molecule has 0 spiro atoms. The minimum atomic E-state index is -0.738. The number of nitrogens with one attached hydrogen (secondary N) is 1. The highest BCUT2D eigenvalue weighted by Gasteiger charge is 2.56. The summed E-state index contributed by atoms with van der Waals surface area (Å²) in [7, 11) is 0. The number of benzene rings is 3. The molecule has 2 aliphatic heterocycles. The van der Waals surface area contributed by atoms with E-state index in [-0.39, 0.29) is 29.1 Å². The number of aromatic nitrogens is 1. The van der Waals surface area contributed by atoms with Crippen LogP contribution in [-0.2, 0) is 20.9 Å². The molecular weight excluding hydrogens is 622 g/mol. The zero-order valence-electron chi connectivity index (χ0n) is 20.0. The average molecular weight is 641 g/mol. The van der Waals surface area contributed by atoms with Gasteiger partial charge in [0.15, 0.2) is 0 Å². The number of anilines is 2. The van der Waals surface area contributed by atoms with Crippen molar-refractivity contribution in [3.8, 4) is 0 Å². The molecular formula is C28H19BrClN3O4S2. The van der Waals surface area contributed by atoms with Gasteiger partial charge in [0, 0.05) is 26.0 Å². The maximum Gasteiger partial charge on any atom is 0.308 e. The number of carbonyl (C=O) groups excluding carboxylic acids is 3. The lowest BCUT2D eigenvalue weighted by Gasteiger charge is -2.30. The zero-order valence-corrected chi connectivity index (χ0v) is 24.0. The van der Waals surface area contributed by atoms with Crippen molar-refractivity contribution in [2.24, 2.45) is 5.92 Å². The summed E-state index contributed by atoms with van der Waals surface area (Å²) in [5, 5.41) is 3.13. The fourth-order valence-corrected chi connectivity index (χ4v) is 8.16. The summed E-state index contributed by atoms with van der Waals surface area (Å²) in [6.45, 7) is -0.227. The molecule has 0 unspecified atom stereocenters. The van der Waals surface area contributed by atoms with Crippen molar-refractivity contribution in [2.75, 3.05) is 10.2 Å². The molecule has 4 aromatic rings. The van der Waals surface area contributed by atoms with Crippen molar-refractivity contribution in [3.05, 3.63) is 108 Å². The SMILES string of the molecule is O=C(Cn1c2c(sc1=O)[C@@H](c1ccc(Br)cc1)[C@@H]1C(=O)N(c3ccccc3)C(=O)[C@@H]1S2)Nc1ccc(Cl)cc1. The maximum atomic E-state index is 13.8. The van der Waals surface area contributed by atoms with Crippen LogP contribution in [0.2, 0.25) is 5.02 Å². The number of imide groups is 1. The second-order valence-corrected chi connectivity index (χ2v) is 12.6. The summed E-state index contributed by atoms with van der Waals surface area (Å²) in [6.07, 6.45) is 0. The third-order valence-electron chi connectivity index (χ3n) is 6.72. The Morgan fingerprint density at radius 2 is 1.62 bits per heavy atom. The normalized spacial score (nSPS) is 20.1. The van der Waals surface area contributed by atoms with Gasteiger partial charge in [-0.3, -0.25) is 23.7 Å². The molecule has 196 valence electrons. The highest BCUT2D eigenvalue weighted by atomic mass is 79.9. The molecule has 39 heavy (non-hydrogen) atoms. The number of thiazole rings is 1. The van der Waals surface area contributed by atoms with E-state index in [0.29, 0.717) is 26.3 Å². The Morgan fingerprint density at radius 3 is 2.31 bits per heavy atom. The molecule has 1 N–H and O–H groups in total. The van der Waals surface area contributed by atoms with Crippen LogP contribution in [-0.4, -0.2) is 27.5 Å². The van der Waals surface area contributed by atoms with Crippen molar-refractivity contribution in [1.29, 1.82) is 0 Å². The van der Waals surface area contributed by atoms with Gasteiger partial charge in [0.25, 0.3) is 0 Å². The largest absolute Gasteiger partial charge is 0.325 e. The zero-order chi connectivity index (χ0) is 27.3.